The van der Waals surface area contributed by atoms with Crippen LogP contribution in [0, 0.1) is 0 Å². The van der Waals surface area contributed by atoms with Crippen molar-refractivity contribution in [2.45, 2.75) is 19.4 Å². The highest BCUT2D eigenvalue weighted by molar-refractivity contribution is 7.25. The third kappa shape index (κ3) is 3.37. The summed E-state index contributed by atoms with van der Waals surface area (Å²) in [7, 11) is 3.06. The lowest BCUT2D eigenvalue weighted by molar-refractivity contribution is -0.119. The van der Waals surface area contributed by atoms with E-state index in [2.05, 4.69) is 15.3 Å². The van der Waals surface area contributed by atoms with Crippen LogP contribution in [0.15, 0.2) is 47.7 Å². The summed E-state index contributed by atoms with van der Waals surface area (Å²) in [5.41, 5.74) is 0.810. The average Bonchev–Trinajstić information content (AvgIpc) is 3.15. The van der Waals surface area contributed by atoms with Gasteiger partial charge in [-0.3, -0.25) is 14.2 Å². The SMILES string of the molecule is CC[C@H](C(=O)Nc1cc(OC)ccc1OC)n1cnc2c(sc3ncccc32)c1=O. The van der Waals surface area contributed by atoms with Gasteiger partial charge in [-0.05, 0) is 30.7 Å². The molecule has 0 saturated heterocycles. The molecule has 0 unspecified atom stereocenters. The first-order valence-electron chi connectivity index (χ1n) is 9.34. The van der Waals surface area contributed by atoms with Crippen LogP contribution in [0.3, 0.4) is 0 Å². The fraction of sp³-hybridized carbons (Fsp3) is 0.238. The van der Waals surface area contributed by atoms with Crippen molar-refractivity contribution in [3.8, 4) is 11.5 Å². The number of carbonyl (C=O) groups excluding carboxylic acids is 1. The molecule has 1 amide bonds. The van der Waals surface area contributed by atoms with Gasteiger partial charge in [0.25, 0.3) is 5.56 Å². The third-order valence-corrected chi connectivity index (χ3v) is 5.96. The molecule has 1 N–H and O–H groups in total. The van der Waals surface area contributed by atoms with Crippen molar-refractivity contribution in [1.82, 2.24) is 14.5 Å². The monoisotopic (exact) mass is 424 g/mol. The van der Waals surface area contributed by atoms with E-state index in [1.807, 2.05) is 19.1 Å². The summed E-state index contributed by atoms with van der Waals surface area (Å²) in [4.78, 5) is 35.7. The first-order chi connectivity index (χ1) is 14.6. The summed E-state index contributed by atoms with van der Waals surface area (Å²) in [6, 6.07) is 8.08. The number of aromatic nitrogens is 3. The smallest absolute Gasteiger partial charge is 0.272 e. The zero-order valence-electron chi connectivity index (χ0n) is 16.7. The molecule has 0 bridgehead atoms. The van der Waals surface area contributed by atoms with E-state index >= 15 is 0 Å². The molecule has 0 aliphatic heterocycles. The number of methoxy groups -OCH3 is 2. The molecule has 0 spiro atoms. The second-order valence-corrected chi connectivity index (χ2v) is 7.57. The Morgan fingerprint density at radius 1 is 1.23 bits per heavy atom. The van der Waals surface area contributed by atoms with Crippen LogP contribution in [-0.4, -0.2) is 34.7 Å². The number of fused-ring (bicyclic) bond motifs is 3. The van der Waals surface area contributed by atoms with Gasteiger partial charge in [0.1, 0.15) is 27.1 Å². The van der Waals surface area contributed by atoms with Crippen molar-refractivity contribution in [3.63, 3.8) is 0 Å². The second-order valence-electron chi connectivity index (χ2n) is 6.57. The van der Waals surface area contributed by atoms with Gasteiger partial charge >= 0.3 is 0 Å². The number of nitrogens with one attached hydrogen (secondary N) is 1. The van der Waals surface area contributed by atoms with E-state index < -0.39 is 6.04 Å². The van der Waals surface area contributed by atoms with Crippen molar-refractivity contribution >= 4 is 43.4 Å². The molecule has 8 nitrogen and oxygen atoms in total. The Morgan fingerprint density at radius 3 is 2.80 bits per heavy atom. The molecule has 4 rings (SSSR count). The molecule has 4 aromatic rings. The maximum Gasteiger partial charge on any atom is 0.272 e. The molecule has 0 saturated carbocycles. The van der Waals surface area contributed by atoms with Gasteiger partial charge in [-0.1, -0.05) is 6.92 Å². The molecular formula is C21H20N4O4S. The highest BCUT2D eigenvalue weighted by atomic mass is 32.1. The van der Waals surface area contributed by atoms with Crippen molar-refractivity contribution in [2.75, 3.05) is 19.5 Å². The lowest BCUT2D eigenvalue weighted by Crippen LogP contribution is -2.33. The van der Waals surface area contributed by atoms with E-state index in [0.717, 1.165) is 10.2 Å². The quantitative estimate of drug-likeness (QED) is 0.508. The number of nitrogens with zero attached hydrogens (tertiary/aromatic N) is 3. The number of amides is 1. The minimum absolute atomic E-state index is 0.261. The number of thiophene rings is 1. The minimum Gasteiger partial charge on any atom is -0.497 e. The Morgan fingerprint density at radius 2 is 2.07 bits per heavy atom. The Bertz CT molecular complexity index is 1300. The van der Waals surface area contributed by atoms with Crippen LogP contribution in [0.25, 0.3) is 20.4 Å². The number of benzene rings is 1. The van der Waals surface area contributed by atoms with E-state index in [1.165, 1.54) is 29.3 Å². The van der Waals surface area contributed by atoms with Gasteiger partial charge in [-0.25, -0.2) is 9.97 Å². The van der Waals surface area contributed by atoms with Crippen molar-refractivity contribution in [2.24, 2.45) is 0 Å². The molecular weight excluding hydrogens is 404 g/mol. The fourth-order valence-corrected chi connectivity index (χ4v) is 4.37. The molecule has 154 valence electrons. The van der Waals surface area contributed by atoms with Crippen LogP contribution in [0.2, 0.25) is 0 Å². The van der Waals surface area contributed by atoms with E-state index in [9.17, 15) is 9.59 Å². The Kier molecular flexibility index (Phi) is 5.37. The highest BCUT2D eigenvalue weighted by Gasteiger charge is 2.23. The molecule has 1 aromatic carbocycles. The second kappa shape index (κ2) is 8.11. The van der Waals surface area contributed by atoms with Crippen LogP contribution in [-0.2, 0) is 4.79 Å². The van der Waals surface area contributed by atoms with E-state index in [4.69, 9.17) is 9.47 Å². The van der Waals surface area contributed by atoms with Crippen molar-refractivity contribution < 1.29 is 14.3 Å². The van der Waals surface area contributed by atoms with E-state index in [-0.39, 0.29) is 11.5 Å². The summed E-state index contributed by atoms with van der Waals surface area (Å²) in [5, 5.41) is 3.68. The standard InChI is InChI=1S/C21H20N4O4S/c1-4-15(19(26)24-14-10-12(28-2)7-8-16(14)29-3)25-11-23-17-13-6-5-9-22-20(13)30-18(17)21(25)27/h5-11,15H,4H2,1-3H3,(H,24,26)/t15-/m1/s1. The molecule has 0 fully saturated rings. The molecule has 0 aliphatic carbocycles. The van der Waals surface area contributed by atoms with Gasteiger partial charge in [0.2, 0.25) is 5.91 Å². The van der Waals surface area contributed by atoms with Gasteiger partial charge in [-0.15, -0.1) is 11.3 Å². The van der Waals surface area contributed by atoms with Crippen LogP contribution in [0.1, 0.15) is 19.4 Å². The van der Waals surface area contributed by atoms with Crippen molar-refractivity contribution in [3.05, 3.63) is 53.2 Å². The van der Waals surface area contributed by atoms with Gasteiger partial charge in [0.05, 0.1) is 31.8 Å². The summed E-state index contributed by atoms with van der Waals surface area (Å²) >= 11 is 1.28. The first kappa shape index (κ1) is 19.8. The van der Waals surface area contributed by atoms with Crippen molar-refractivity contribution in [1.29, 1.82) is 0 Å². The highest BCUT2D eigenvalue weighted by Crippen LogP contribution is 2.31. The maximum atomic E-state index is 13.2. The first-order valence-corrected chi connectivity index (χ1v) is 10.2. The number of pyridine rings is 1. The predicted octanol–water partition coefficient (Wildman–Crippen LogP) is 3.61. The van der Waals surface area contributed by atoms with Gasteiger partial charge < -0.3 is 14.8 Å². The summed E-state index contributed by atoms with van der Waals surface area (Å²) in [6.07, 6.45) is 3.52. The summed E-state index contributed by atoms with van der Waals surface area (Å²) in [5.74, 6) is 0.735. The molecule has 1 atom stereocenters. The van der Waals surface area contributed by atoms with Gasteiger partial charge in [-0.2, -0.15) is 0 Å². The minimum atomic E-state index is -0.733. The largest absolute Gasteiger partial charge is 0.497 e. The van der Waals surface area contributed by atoms with Crippen LogP contribution >= 0.6 is 11.3 Å². The zero-order valence-corrected chi connectivity index (χ0v) is 17.5. The molecule has 0 aliphatic rings. The third-order valence-electron chi connectivity index (χ3n) is 4.87. The molecule has 9 heteroatoms. The van der Waals surface area contributed by atoms with Gasteiger partial charge in [0, 0.05) is 17.6 Å². The average molecular weight is 424 g/mol. The summed E-state index contributed by atoms with van der Waals surface area (Å²) < 4.78 is 12.4. The number of hydrogen-bond acceptors (Lipinski definition) is 7. The lowest BCUT2D eigenvalue weighted by Gasteiger charge is -2.19. The molecule has 3 aromatic heterocycles. The van der Waals surface area contributed by atoms with Crippen LogP contribution in [0.4, 0.5) is 5.69 Å². The molecule has 0 radical (unpaired) electrons. The van der Waals surface area contributed by atoms with Crippen LogP contribution < -0.4 is 20.3 Å². The number of rotatable bonds is 6. The van der Waals surface area contributed by atoms with Gasteiger partial charge in [0.15, 0.2) is 0 Å². The number of carbonyl (C=O) groups is 1. The Balaban J connectivity index is 1.73. The fourth-order valence-electron chi connectivity index (χ4n) is 3.34. The summed E-state index contributed by atoms with van der Waals surface area (Å²) in [6.45, 7) is 1.84. The molecule has 3 heterocycles. The number of hydrogen-bond donors (Lipinski definition) is 1. The Hall–Kier alpha value is -3.46. The van der Waals surface area contributed by atoms with E-state index in [1.54, 1.807) is 31.5 Å². The molecule has 30 heavy (non-hydrogen) atoms. The lowest BCUT2D eigenvalue weighted by atomic mass is 10.2. The Labute approximate surface area is 176 Å². The number of anilines is 1. The zero-order chi connectivity index (χ0) is 21.3. The topological polar surface area (TPSA) is 95.3 Å². The van der Waals surface area contributed by atoms with E-state index in [0.29, 0.717) is 33.8 Å². The normalized spacial score (nSPS) is 12.1. The maximum absolute atomic E-state index is 13.2. The predicted molar refractivity (Wildman–Crippen MR) is 117 cm³/mol. The number of ether oxygens (including phenoxy) is 2. The van der Waals surface area contributed by atoms with Crippen LogP contribution in [0.5, 0.6) is 11.5 Å².